The van der Waals surface area contributed by atoms with Gasteiger partial charge in [0.05, 0.1) is 10.7 Å². The standard InChI is InChI=1S/C24H20BrN3O2/c1-16-20(14-26-27-24(30)18-11-12-23(29)21(25)13-18)19-9-5-6-10-22(19)28(16)15-17-7-3-2-4-8-17/h2-14,29H,15H2,1H3,(H,27,30)/b26-14-. The van der Waals surface area contributed by atoms with E-state index in [4.69, 9.17) is 0 Å². The van der Waals surface area contributed by atoms with Gasteiger partial charge in [-0.2, -0.15) is 5.10 Å². The number of rotatable bonds is 5. The van der Waals surface area contributed by atoms with Gasteiger partial charge in [0.2, 0.25) is 0 Å². The molecule has 0 aliphatic carbocycles. The number of phenolic OH excluding ortho intramolecular Hbond substituents is 1. The Hall–Kier alpha value is -3.38. The van der Waals surface area contributed by atoms with Gasteiger partial charge >= 0.3 is 0 Å². The first-order valence-corrected chi connectivity index (χ1v) is 10.3. The van der Waals surface area contributed by atoms with Crippen LogP contribution in [0.15, 0.2) is 82.4 Å². The molecule has 150 valence electrons. The van der Waals surface area contributed by atoms with Crippen LogP contribution in [-0.2, 0) is 6.54 Å². The van der Waals surface area contributed by atoms with Gasteiger partial charge in [0.25, 0.3) is 5.91 Å². The van der Waals surface area contributed by atoms with Gasteiger partial charge in [0.15, 0.2) is 0 Å². The van der Waals surface area contributed by atoms with E-state index in [-0.39, 0.29) is 11.7 Å². The third-order valence-corrected chi connectivity index (χ3v) is 5.67. The molecular weight excluding hydrogens is 442 g/mol. The number of amides is 1. The SMILES string of the molecule is Cc1c(/C=N\NC(=O)c2ccc(O)c(Br)c2)c2ccccc2n1Cc1ccccc1. The maximum Gasteiger partial charge on any atom is 0.271 e. The number of hydrogen-bond donors (Lipinski definition) is 2. The molecule has 2 N–H and O–H groups in total. The smallest absolute Gasteiger partial charge is 0.271 e. The summed E-state index contributed by atoms with van der Waals surface area (Å²) < 4.78 is 2.71. The minimum Gasteiger partial charge on any atom is -0.507 e. The van der Waals surface area contributed by atoms with Crippen molar-refractivity contribution in [1.29, 1.82) is 0 Å². The summed E-state index contributed by atoms with van der Waals surface area (Å²) in [5.41, 5.74) is 7.35. The molecule has 1 heterocycles. The largest absolute Gasteiger partial charge is 0.507 e. The number of fused-ring (bicyclic) bond motifs is 1. The quantitative estimate of drug-likeness (QED) is 0.315. The Morgan fingerprint density at radius 2 is 1.83 bits per heavy atom. The number of aromatic hydroxyl groups is 1. The minimum absolute atomic E-state index is 0.0805. The van der Waals surface area contributed by atoms with Gasteiger partial charge in [-0.1, -0.05) is 48.5 Å². The van der Waals surface area contributed by atoms with Crippen LogP contribution in [0.5, 0.6) is 5.75 Å². The van der Waals surface area contributed by atoms with E-state index in [1.807, 2.05) is 30.3 Å². The van der Waals surface area contributed by atoms with Crippen LogP contribution in [0.25, 0.3) is 10.9 Å². The second-order valence-electron chi connectivity index (χ2n) is 6.95. The van der Waals surface area contributed by atoms with Gasteiger partial charge in [0.1, 0.15) is 5.75 Å². The van der Waals surface area contributed by atoms with Crippen LogP contribution in [0.3, 0.4) is 0 Å². The highest BCUT2D eigenvalue weighted by atomic mass is 79.9. The fourth-order valence-corrected chi connectivity index (χ4v) is 3.84. The van der Waals surface area contributed by atoms with Gasteiger partial charge < -0.3 is 9.67 Å². The average molecular weight is 462 g/mol. The lowest BCUT2D eigenvalue weighted by atomic mass is 10.1. The normalized spacial score (nSPS) is 11.3. The zero-order valence-corrected chi connectivity index (χ0v) is 17.9. The molecule has 0 radical (unpaired) electrons. The summed E-state index contributed by atoms with van der Waals surface area (Å²) in [6.07, 6.45) is 1.69. The van der Waals surface area contributed by atoms with Crippen LogP contribution in [0, 0.1) is 6.92 Å². The molecule has 0 aliphatic heterocycles. The summed E-state index contributed by atoms with van der Waals surface area (Å²) in [4.78, 5) is 12.4. The second kappa shape index (κ2) is 8.55. The Morgan fingerprint density at radius 1 is 1.10 bits per heavy atom. The number of benzene rings is 3. The molecule has 1 aromatic heterocycles. The zero-order valence-electron chi connectivity index (χ0n) is 16.3. The van der Waals surface area contributed by atoms with Crippen molar-refractivity contribution in [3.63, 3.8) is 0 Å². The summed E-state index contributed by atoms with van der Waals surface area (Å²) in [5, 5.41) is 14.8. The highest BCUT2D eigenvalue weighted by molar-refractivity contribution is 9.10. The average Bonchev–Trinajstić information content (AvgIpc) is 3.02. The van der Waals surface area contributed by atoms with Crippen LogP contribution in [0.1, 0.15) is 27.2 Å². The maximum absolute atomic E-state index is 12.4. The van der Waals surface area contributed by atoms with Gasteiger partial charge in [0, 0.05) is 34.3 Å². The van der Waals surface area contributed by atoms with Crippen LogP contribution < -0.4 is 5.43 Å². The van der Waals surface area contributed by atoms with Crippen LogP contribution in [0.4, 0.5) is 0 Å². The van der Waals surface area contributed by atoms with Gasteiger partial charge in [-0.15, -0.1) is 0 Å². The molecule has 0 bridgehead atoms. The lowest BCUT2D eigenvalue weighted by Gasteiger charge is -2.08. The molecule has 0 fully saturated rings. The van der Waals surface area contributed by atoms with Crippen molar-refractivity contribution >= 4 is 39.0 Å². The highest BCUT2D eigenvalue weighted by Gasteiger charge is 2.13. The van der Waals surface area contributed by atoms with Crippen molar-refractivity contribution in [2.45, 2.75) is 13.5 Å². The molecule has 5 nitrogen and oxygen atoms in total. The molecule has 0 spiro atoms. The molecule has 30 heavy (non-hydrogen) atoms. The lowest BCUT2D eigenvalue weighted by Crippen LogP contribution is -2.17. The Labute approximate surface area is 182 Å². The Morgan fingerprint density at radius 3 is 2.60 bits per heavy atom. The topological polar surface area (TPSA) is 66.6 Å². The van der Waals surface area contributed by atoms with Crippen LogP contribution in [-0.4, -0.2) is 21.8 Å². The molecule has 0 saturated heterocycles. The summed E-state index contributed by atoms with van der Waals surface area (Å²) in [7, 11) is 0. The van der Waals surface area contributed by atoms with Gasteiger partial charge in [-0.05, 0) is 52.7 Å². The van der Waals surface area contributed by atoms with Crippen LogP contribution in [0.2, 0.25) is 0 Å². The number of halogens is 1. The number of carbonyl (C=O) groups excluding carboxylic acids is 1. The summed E-state index contributed by atoms with van der Waals surface area (Å²) in [5.74, 6) is -0.269. The number of nitrogens with one attached hydrogen (secondary N) is 1. The number of nitrogens with zero attached hydrogens (tertiary/aromatic N) is 2. The van der Waals surface area contributed by atoms with Gasteiger partial charge in [-0.3, -0.25) is 4.79 Å². The third-order valence-electron chi connectivity index (χ3n) is 5.03. The first-order chi connectivity index (χ1) is 14.5. The van der Waals surface area contributed by atoms with E-state index < -0.39 is 0 Å². The molecule has 0 atom stereocenters. The lowest BCUT2D eigenvalue weighted by molar-refractivity contribution is 0.0955. The summed E-state index contributed by atoms with van der Waals surface area (Å²) in [6.45, 7) is 2.82. The number of hydrazone groups is 1. The number of phenols is 1. The fourth-order valence-electron chi connectivity index (χ4n) is 3.46. The predicted molar refractivity (Wildman–Crippen MR) is 123 cm³/mol. The molecule has 0 aliphatic rings. The first-order valence-electron chi connectivity index (χ1n) is 9.48. The van der Waals surface area contributed by atoms with E-state index >= 15 is 0 Å². The maximum atomic E-state index is 12.4. The highest BCUT2D eigenvalue weighted by Crippen LogP contribution is 2.26. The molecule has 0 unspecified atom stereocenters. The van der Waals surface area contributed by atoms with Crippen molar-refractivity contribution in [1.82, 2.24) is 9.99 Å². The van der Waals surface area contributed by atoms with Crippen molar-refractivity contribution in [2.75, 3.05) is 0 Å². The van der Waals surface area contributed by atoms with Crippen LogP contribution >= 0.6 is 15.9 Å². The van der Waals surface area contributed by atoms with Gasteiger partial charge in [-0.25, -0.2) is 5.43 Å². The number of carbonyl (C=O) groups is 1. The van der Waals surface area contributed by atoms with Crippen molar-refractivity contribution in [3.05, 3.63) is 99.7 Å². The molecule has 4 rings (SSSR count). The van der Waals surface area contributed by atoms with Crippen molar-refractivity contribution in [2.24, 2.45) is 5.10 Å². The van der Waals surface area contributed by atoms with E-state index in [1.54, 1.807) is 18.3 Å². The Balaban J connectivity index is 1.61. The third kappa shape index (κ3) is 4.00. The number of hydrogen-bond acceptors (Lipinski definition) is 3. The van der Waals surface area contributed by atoms with E-state index in [2.05, 4.69) is 62.2 Å². The fraction of sp³-hybridized carbons (Fsp3) is 0.0833. The number of para-hydroxylation sites is 1. The van der Waals surface area contributed by atoms with E-state index in [0.717, 1.165) is 28.7 Å². The molecular formula is C24H20BrN3O2. The van der Waals surface area contributed by atoms with E-state index in [9.17, 15) is 9.90 Å². The molecule has 1 amide bonds. The first kappa shape index (κ1) is 19.9. The summed E-state index contributed by atoms with van der Waals surface area (Å²) >= 11 is 3.21. The van der Waals surface area contributed by atoms with Crippen molar-refractivity contribution in [3.8, 4) is 5.75 Å². The monoisotopic (exact) mass is 461 g/mol. The molecule has 6 heteroatoms. The van der Waals surface area contributed by atoms with Crippen molar-refractivity contribution < 1.29 is 9.90 Å². The Bertz CT molecular complexity index is 1250. The van der Waals surface area contributed by atoms with E-state index in [1.165, 1.54) is 11.6 Å². The van der Waals surface area contributed by atoms with E-state index in [0.29, 0.717) is 10.0 Å². The Kier molecular flexibility index (Phi) is 5.68. The molecule has 0 saturated carbocycles. The minimum atomic E-state index is -0.349. The molecule has 4 aromatic rings. The zero-order chi connectivity index (χ0) is 21.1. The summed E-state index contributed by atoms with van der Waals surface area (Å²) in [6, 6.07) is 23.0. The predicted octanol–water partition coefficient (Wildman–Crippen LogP) is 5.23. The molecule has 3 aromatic carbocycles. The second-order valence-corrected chi connectivity index (χ2v) is 7.81. The number of aromatic nitrogens is 1.